The van der Waals surface area contributed by atoms with Crippen LogP contribution in [0.1, 0.15) is 11.5 Å². The lowest BCUT2D eigenvalue weighted by Crippen LogP contribution is -2.02. The molecule has 5 aromatic rings. The number of aromatic nitrogens is 6. The summed E-state index contributed by atoms with van der Waals surface area (Å²) in [6, 6.07) is 16.9. The van der Waals surface area contributed by atoms with Gasteiger partial charge < -0.3 is 4.42 Å². The summed E-state index contributed by atoms with van der Waals surface area (Å²) in [6.07, 6.45) is 3.45. The molecule has 0 spiro atoms. The number of thioether (sulfide) groups is 1. The van der Waals surface area contributed by atoms with Crippen LogP contribution in [0.2, 0.25) is 10.0 Å². The maximum absolute atomic E-state index is 6.41. The molecule has 3 aromatic heterocycles. The molecule has 3 heterocycles. The summed E-state index contributed by atoms with van der Waals surface area (Å²) >= 11 is 14.1. The Hall–Kier alpha value is -3.20. The number of rotatable bonds is 6. The van der Waals surface area contributed by atoms with Gasteiger partial charge in [0.15, 0.2) is 11.0 Å². The Bertz CT molecular complexity index is 1420. The number of nitrogens with zero attached hydrogens (tertiary/aromatic N) is 6. The highest BCUT2D eigenvalue weighted by molar-refractivity contribution is 7.98. The van der Waals surface area contributed by atoms with Crippen LogP contribution in [0.15, 0.2) is 76.6 Å². The molecule has 0 aliphatic rings. The predicted molar refractivity (Wildman–Crippen MR) is 129 cm³/mol. The molecule has 10 heteroatoms. The van der Waals surface area contributed by atoms with Gasteiger partial charge >= 0.3 is 0 Å². The minimum atomic E-state index is 0.376. The second kappa shape index (κ2) is 9.35. The molecule has 0 fully saturated rings. The van der Waals surface area contributed by atoms with Crippen molar-refractivity contribution in [3.63, 3.8) is 0 Å². The monoisotopic (exact) mass is 494 g/mol. The third-order valence-corrected chi connectivity index (χ3v) is 6.60. The second-order valence-corrected chi connectivity index (χ2v) is 8.79. The highest BCUT2D eigenvalue weighted by Gasteiger charge is 2.20. The molecular formula is C23H16Cl2N6OS. The van der Waals surface area contributed by atoms with Crippen LogP contribution in [-0.2, 0) is 5.75 Å². The smallest absolute Gasteiger partial charge is 0.249 e. The van der Waals surface area contributed by atoms with E-state index in [1.165, 1.54) is 11.8 Å². The first-order valence-electron chi connectivity index (χ1n) is 9.93. The Labute approximate surface area is 203 Å². The fourth-order valence-electron chi connectivity index (χ4n) is 3.29. The highest BCUT2D eigenvalue weighted by Crippen LogP contribution is 2.33. The third kappa shape index (κ3) is 4.37. The van der Waals surface area contributed by atoms with Gasteiger partial charge in [-0.3, -0.25) is 9.55 Å². The maximum Gasteiger partial charge on any atom is 0.249 e. The van der Waals surface area contributed by atoms with E-state index in [-0.39, 0.29) is 0 Å². The fourth-order valence-corrected chi connectivity index (χ4v) is 4.46. The number of benzene rings is 2. The van der Waals surface area contributed by atoms with E-state index in [0.29, 0.717) is 44.1 Å². The summed E-state index contributed by atoms with van der Waals surface area (Å²) < 4.78 is 7.82. The zero-order chi connectivity index (χ0) is 22.8. The molecule has 0 unspecified atom stereocenters. The normalized spacial score (nSPS) is 11.1. The van der Waals surface area contributed by atoms with Crippen molar-refractivity contribution < 1.29 is 4.42 Å². The van der Waals surface area contributed by atoms with Crippen molar-refractivity contribution in [3.8, 4) is 28.5 Å². The second-order valence-electron chi connectivity index (χ2n) is 7.03. The van der Waals surface area contributed by atoms with E-state index < -0.39 is 0 Å². The average molecular weight is 495 g/mol. The van der Waals surface area contributed by atoms with Gasteiger partial charge in [-0.05, 0) is 48.9 Å². The van der Waals surface area contributed by atoms with Gasteiger partial charge in [-0.25, -0.2) is 0 Å². The summed E-state index contributed by atoms with van der Waals surface area (Å²) in [4.78, 5) is 4.10. The molecule has 5 rings (SSSR count). The molecule has 0 bridgehead atoms. The zero-order valence-corrected chi connectivity index (χ0v) is 19.6. The largest absolute Gasteiger partial charge is 0.420 e. The molecule has 0 saturated heterocycles. The topological polar surface area (TPSA) is 82.5 Å². The van der Waals surface area contributed by atoms with Crippen LogP contribution < -0.4 is 0 Å². The highest BCUT2D eigenvalue weighted by atomic mass is 35.5. The van der Waals surface area contributed by atoms with Crippen LogP contribution in [0.3, 0.4) is 0 Å². The van der Waals surface area contributed by atoms with E-state index in [1.54, 1.807) is 18.5 Å². The summed E-state index contributed by atoms with van der Waals surface area (Å²) in [6.45, 7) is 1.97. The van der Waals surface area contributed by atoms with Crippen molar-refractivity contribution in [1.82, 2.24) is 29.9 Å². The van der Waals surface area contributed by atoms with Crippen molar-refractivity contribution >= 4 is 35.0 Å². The van der Waals surface area contributed by atoms with Crippen molar-refractivity contribution in [1.29, 1.82) is 0 Å². The van der Waals surface area contributed by atoms with E-state index in [4.69, 9.17) is 27.6 Å². The van der Waals surface area contributed by atoms with Gasteiger partial charge in [-0.1, -0.05) is 53.2 Å². The fraction of sp³-hybridized carbons (Fsp3) is 0.0870. The number of pyridine rings is 1. The summed E-state index contributed by atoms with van der Waals surface area (Å²) in [5, 5.41) is 19.1. The molecule has 0 aliphatic heterocycles. The van der Waals surface area contributed by atoms with Gasteiger partial charge in [-0.15, -0.1) is 20.4 Å². The number of halogens is 2. The van der Waals surface area contributed by atoms with E-state index in [0.717, 1.165) is 16.8 Å². The number of hydrogen-bond acceptors (Lipinski definition) is 7. The standard InChI is InChI=1S/C23H16Cl2N6OS/c1-14-17(24)7-4-8-19(14)31-21(15-9-11-26-12-10-15)28-30-23(31)33-13-20-27-29-22(32-20)16-5-2-3-6-18(16)25/h2-12H,13H2,1H3. The quantitative estimate of drug-likeness (QED) is 0.256. The molecule has 0 amide bonds. The first kappa shape index (κ1) is 21.6. The number of hydrogen-bond donors (Lipinski definition) is 0. The van der Waals surface area contributed by atoms with Crippen LogP contribution in [0.5, 0.6) is 0 Å². The molecule has 33 heavy (non-hydrogen) atoms. The van der Waals surface area contributed by atoms with E-state index in [9.17, 15) is 0 Å². The molecular weight excluding hydrogens is 479 g/mol. The summed E-state index contributed by atoms with van der Waals surface area (Å²) in [5.41, 5.74) is 3.40. The van der Waals surface area contributed by atoms with Crippen LogP contribution in [0, 0.1) is 6.92 Å². The minimum absolute atomic E-state index is 0.376. The van der Waals surface area contributed by atoms with Crippen molar-refractivity contribution in [2.75, 3.05) is 0 Å². The van der Waals surface area contributed by atoms with Gasteiger partial charge in [-0.2, -0.15) is 0 Å². The van der Waals surface area contributed by atoms with Crippen LogP contribution in [0.4, 0.5) is 0 Å². The van der Waals surface area contributed by atoms with Crippen LogP contribution in [-0.4, -0.2) is 29.9 Å². The Morgan fingerprint density at radius 3 is 2.48 bits per heavy atom. The van der Waals surface area contributed by atoms with E-state index in [1.807, 2.05) is 60.0 Å². The zero-order valence-electron chi connectivity index (χ0n) is 17.3. The van der Waals surface area contributed by atoms with Crippen molar-refractivity contribution in [3.05, 3.63) is 88.5 Å². The molecule has 0 atom stereocenters. The summed E-state index contributed by atoms with van der Waals surface area (Å²) in [7, 11) is 0. The van der Waals surface area contributed by atoms with Gasteiger partial charge in [0.2, 0.25) is 11.8 Å². The average Bonchev–Trinajstić information content (AvgIpc) is 3.48. The van der Waals surface area contributed by atoms with Crippen LogP contribution in [0.25, 0.3) is 28.5 Å². The SMILES string of the molecule is Cc1c(Cl)cccc1-n1c(SCc2nnc(-c3ccccc3Cl)o2)nnc1-c1ccncc1. The van der Waals surface area contributed by atoms with Gasteiger partial charge in [0.1, 0.15) is 0 Å². The van der Waals surface area contributed by atoms with Gasteiger partial charge in [0.25, 0.3) is 0 Å². The first-order valence-corrected chi connectivity index (χ1v) is 11.7. The molecule has 0 aliphatic carbocycles. The predicted octanol–water partition coefficient (Wildman–Crippen LogP) is 6.29. The molecule has 0 radical (unpaired) electrons. The lowest BCUT2D eigenvalue weighted by molar-refractivity contribution is 0.528. The Morgan fingerprint density at radius 1 is 0.879 bits per heavy atom. The first-order chi connectivity index (χ1) is 16.1. The molecule has 2 aromatic carbocycles. The summed E-state index contributed by atoms with van der Waals surface area (Å²) in [5.74, 6) is 1.93. The van der Waals surface area contributed by atoms with Crippen molar-refractivity contribution in [2.24, 2.45) is 0 Å². The molecule has 164 valence electrons. The maximum atomic E-state index is 6.41. The third-order valence-electron chi connectivity index (χ3n) is 4.95. The van der Waals surface area contributed by atoms with Gasteiger partial charge in [0, 0.05) is 23.0 Å². The Kier molecular flexibility index (Phi) is 6.13. The van der Waals surface area contributed by atoms with Crippen molar-refractivity contribution in [2.45, 2.75) is 17.8 Å². The minimum Gasteiger partial charge on any atom is -0.420 e. The van der Waals surface area contributed by atoms with Crippen LogP contribution >= 0.6 is 35.0 Å². The van der Waals surface area contributed by atoms with E-state index >= 15 is 0 Å². The Morgan fingerprint density at radius 2 is 1.67 bits per heavy atom. The van der Waals surface area contributed by atoms with E-state index in [2.05, 4.69) is 25.4 Å². The molecule has 0 saturated carbocycles. The lowest BCUT2D eigenvalue weighted by Gasteiger charge is -2.13. The lowest BCUT2D eigenvalue weighted by atomic mass is 10.2. The molecule has 7 nitrogen and oxygen atoms in total. The van der Waals surface area contributed by atoms with Gasteiger partial charge in [0.05, 0.1) is 22.0 Å². The Balaban J connectivity index is 1.49. The molecule has 0 N–H and O–H groups in total.